The van der Waals surface area contributed by atoms with Crippen LogP contribution in [0.1, 0.15) is 10.6 Å². The lowest BCUT2D eigenvalue weighted by Gasteiger charge is -2.08. The first-order valence-corrected chi connectivity index (χ1v) is 10.3. The Morgan fingerprint density at radius 2 is 1.91 bits per heavy atom. The number of non-ortho nitro benzene ring substituents is 1. The van der Waals surface area contributed by atoms with Crippen molar-refractivity contribution in [3.8, 4) is 17.3 Å². The summed E-state index contributed by atoms with van der Waals surface area (Å²) < 4.78 is 38.4. The number of hydrogen-bond acceptors (Lipinski definition) is 7. The van der Waals surface area contributed by atoms with Crippen LogP contribution in [0, 0.1) is 21.4 Å². The first kappa shape index (κ1) is 26.0. The van der Waals surface area contributed by atoms with E-state index in [1.54, 1.807) is 25.5 Å². The zero-order chi connectivity index (χ0) is 25.3. The van der Waals surface area contributed by atoms with E-state index in [9.17, 15) is 33.3 Å². The summed E-state index contributed by atoms with van der Waals surface area (Å²) in [6.07, 6.45) is -2.45. The molecule has 2 aromatic carbocycles. The van der Waals surface area contributed by atoms with Crippen molar-refractivity contribution in [1.82, 2.24) is 9.88 Å². The molecule has 0 unspecified atom stereocenters. The third-order valence-electron chi connectivity index (χ3n) is 3.99. The Morgan fingerprint density at radius 1 is 1.24 bits per heavy atom. The molecule has 3 aromatic rings. The number of carbonyl (C=O) groups excluding carboxylic acids is 1. The van der Waals surface area contributed by atoms with Gasteiger partial charge in [-0.2, -0.15) is 18.4 Å². The van der Waals surface area contributed by atoms with Gasteiger partial charge in [0, 0.05) is 49.1 Å². The quantitative estimate of drug-likeness (QED) is 0.214. The fourth-order valence-electron chi connectivity index (χ4n) is 2.39. The van der Waals surface area contributed by atoms with Crippen LogP contribution in [0.4, 0.5) is 24.5 Å². The van der Waals surface area contributed by atoms with Gasteiger partial charge in [-0.05, 0) is 18.2 Å². The highest BCUT2D eigenvalue weighted by atomic mass is 32.1. The van der Waals surface area contributed by atoms with Crippen LogP contribution >= 0.6 is 11.3 Å². The molecule has 0 saturated carbocycles. The number of aromatic nitrogens is 1. The minimum Gasteiger partial charge on any atom is -0.360 e. The van der Waals surface area contributed by atoms with Crippen LogP contribution in [0.15, 0.2) is 60.1 Å². The Morgan fingerprint density at radius 3 is 2.50 bits per heavy atom. The minimum atomic E-state index is -4.47. The number of carbonyl (C=O) groups is 1. The van der Waals surface area contributed by atoms with E-state index >= 15 is 0 Å². The topological polar surface area (TPSA) is 112 Å². The second kappa shape index (κ2) is 11.6. The van der Waals surface area contributed by atoms with Gasteiger partial charge in [0.2, 0.25) is 6.41 Å². The number of thiazole rings is 1. The number of nitro groups is 1. The van der Waals surface area contributed by atoms with Gasteiger partial charge in [-0.15, -0.1) is 11.3 Å². The minimum absolute atomic E-state index is 0.0840. The van der Waals surface area contributed by atoms with Crippen molar-refractivity contribution in [2.45, 2.75) is 6.18 Å². The number of allylic oxidation sites excluding steroid dienone is 1. The molecule has 1 heterocycles. The zero-order valence-electron chi connectivity index (χ0n) is 17.9. The van der Waals surface area contributed by atoms with Gasteiger partial charge in [-0.1, -0.05) is 18.2 Å². The third kappa shape index (κ3) is 7.42. The second-order valence-corrected chi connectivity index (χ2v) is 7.67. The van der Waals surface area contributed by atoms with E-state index in [-0.39, 0.29) is 16.9 Å². The number of nitrogens with zero attached hydrogens (tertiary/aromatic N) is 4. The molecule has 0 radical (unpaired) electrons. The monoisotopic (exact) mass is 489 g/mol. The van der Waals surface area contributed by atoms with Gasteiger partial charge in [0.05, 0.1) is 16.2 Å². The number of nitrogens with one attached hydrogen (secondary N) is 1. The molecule has 12 heteroatoms. The number of hydrogen-bond donors (Lipinski definition) is 1. The van der Waals surface area contributed by atoms with E-state index in [1.165, 1.54) is 41.4 Å². The van der Waals surface area contributed by atoms with Crippen molar-refractivity contribution in [2.75, 3.05) is 19.4 Å². The van der Waals surface area contributed by atoms with Gasteiger partial charge in [-0.3, -0.25) is 14.9 Å². The van der Waals surface area contributed by atoms with Crippen molar-refractivity contribution in [3.05, 3.63) is 80.8 Å². The summed E-state index contributed by atoms with van der Waals surface area (Å²) >= 11 is 1.14. The first-order chi connectivity index (χ1) is 16.0. The molecule has 176 valence electrons. The van der Waals surface area contributed by atoms with Gasteiger partial charge in [0.25, 0.3) is 5.69 Å². The molecule has 1 aromatic heterocycles. The molecule has 0 bridgehead atoms. The summed E-state index contributed by atoms with van der Waals surface area (Å²) in [5.41, 5.74) is 0.363. The first-order valence-electron chi connectivity index (χ1n) is 9.41. The van der Waals surface area contributed by atoms with Gasteiger partial charge < -0.3 is 10.2 Å². The van der Waals surface area contributed by atoms with Crippen molar-refractivity contribution in [1.29, 1.82) is 5.26 Å². The summed E-state index contributed by atoms with van der Waals surface area (Å²) in [4.78, 5) is 25.6. The molecule has 34 heavy (non-hydrogen) atoms. The molecule has 0 aliphatic carbocycles. The van der Waals surface area contributed by atoms with Crippen molar-refractivity contribution < 1.29 is 22.9 Å². The number of anilines is 1. The van der Waals surface area contributed by atoms with Crippen LogP contribution < -0.4 is 5.32 Å². The number of alkyl halides is 3. The molecule has 0 spiro atoms. The summed E-state index contributed by atoms with van der Waals surface area (Å²) in [6.45, 7) is 0. The molecular weight excluding hydrogens is 471 g/mol. The normalized spacial score (nSPS) is 11.0. The fraction of sp³-hybridized carbons (Fsp3) is 0.136. The van der Waals surface area contributed by atoms with Crippen molar-refractivity contribution >= 4 is 34.7 Å². The lowest BCUT2D eigenvalue weighted by molar-refractivity contribution is -0.384. The third-order valence-corrected chi connectivity index (χ3v) is 4.87. The summed E-state index contributed by atoms with van der Waals surface area (Å²) in [6, 6.07) is 12.4. The molecule has 1 amide bonds. The number of halogens is 3. The molecule has 0 fully saturated rings. The number of nitro benzene ring substituents is 1. The summed E-state index contributed by atoms with van der Waals surface area (Å²) in [7, 11) is 3.38. The van der Waals surface area contributed by atoms with E-state index in [4.69, 9.17) is 0 Å². The average Bonchev–Trinajstić information content (AvgIpc) is 3.30. The standard InChI is InChI=1S/C19H11F3N4O2S.C3H7NO/c20-19(21,22)14-4-2-5-15(8-14)24-10-13(9-23)18-25-17(11-29-18)12-3-1-6-16(7-12)26(27)28;1-4(2)3-5/h1-8,10-11,24H;3H,1-2H3/b13-10+;. The Labute approximate surface area is 196 Å². The highest BCUT2D eigenvalue weighted by Crippen LogP contribution is 2.31. The maximum atomic E-state index is 12.8. The predicted molar refractivity (Wildman–Crippen MR) is 123 cm³/mol. The molecule has 0 saturated heterocycles. The maximum absolute atomic E-state index is 12.8. The molecule has 0 aliphatic rings. The van der Waals surface area contributed by atoms with Crippen LogP contribution in [-0.2, 0) is 11.0 Å². The van der Waals surface area contributed by atoms with Crippen LogP contribution in [0.25, 0.3) is 16.8 Å². The average molecular weight is 489 g/mol. The predicted octanol–water partition coefficient (Wildman–Crippen LogP) is 5.42. The van der Waals surface area contributed by atoms with Crippen molar-refractivity contribution in [3.63, 3.8) is 0 Å². The van der Waals surface area contributed by atoms with Crippen LogP contribution in [0.5, 0.6) is 0 Å². The van der Waals surface area contributed by atoms with Gasteiger partial charge in [-0.25, -0.2) is 4.98 Å². The smallest absolute Gasteiger partial charge is 0.360 e. The molecular formula is C22H18F3N5O3S. The molecule has 3 rings (SSSR count). The Balaban J connectivity index is 0.000000739. The summed E-state index contributed by atoms with van der Waals surface area (Å²) in [5, 5.41) is 24.9. The van der Waals surface area contributed by atoms with E-state index in [1.807, 2.05) is 6.07 Å². The fourth-order valence-corrected chi connectivity index (χ4v) is 3.19. The Hall–Kier alpha value is -4.24. The molecule has 8 nitrogen and oxygen atoms in total. The Kier molecular flexibility index (Phi) is 8.86. The second-order valence-electron chi connectivity index (χ2n) is 6.81. The van der Waals surface area contributed by atoms with Crippen LogP contribution in [-0.4, -0.2) is 35.3 Å². The number of benzene rings is 2. The van der Waals surface area contributed by atoms with Crippen molar-refractivity contribution in [2.24, 2.45) is 0 Å². The van der Waals surface area contributed by atoms with E-state index in [0.29, 0.717) is 16.3 Å². The highest BCUT2D eigenvalue weighted by Gasteiger charge is 2.30. The lowest BCUT2D eigenvalue weighted by Crippen LogP contribution is -2.06. The van der Waals surface area contributed by atoms with Gasteiger partial charge in [0.1, 0.15) is 16.6 Å². The van der Waals surface area contributed by atoms with E-state index < -0.39 is 16.7 Å². The largest absolute Gasteiger partial charge is 0.416 e. The molecule has 1 N–H and O–H groups in total. The van der Waals surface area contributed by atoms with Crippen LogP contribution in [0.2, 0.25) is 0 Å². The Bertz CT molecular complexity index is 1230. The lowest BCUT2D eigenvalue weighted by atomic mass is 10.1. The zero-order valence-corrected chi connectivity index (χ0v) is 18.7. The number of amides is 1. The number of nitriles is 1. The number of rotatable bonds is 6. The van der Waals surface area contributed by atoms with E-state index in [2.05, 4.69) is 10.3 Å². The van der Waals surface area contributed by atoms with E-state index in [0.717, 1.165) is 29.9 Å². The van der Waals surface area contributed by atoms with Crippen LogP contribution in [0.3, 0.4) is 0 Å². The molecule has 0 atom stereocenters. The maximum Gasteiger partial charge on any atom is 0.416 e. The van der Waals surface area contributed by atoms with Gasteiger partial charge >= 0.3 is 6.18 Å². The SMILES string of the molecule is CN(C)C=O.N#C/C(=C\Nc1cccc(C(F)(F)F)c1)c1nc(-c2cccc([N+](=O)[O-])c2)cs1. The van der Waals surface area contributed by atoms with Gasteiger partial charge in [0.15, 0.2) is 0 Å². The highest BCUT2D eigenvalue weighted by molar-refractivity contribution is 7.11. The summed E-state index contributed by atoms with van der Waals surface area (Å²) in [5.74, 6) is 0. The molecule has 0 aliphatic heterocycles.